The predicted octanol–water partition coefficient (Wildman–Crippen LogP) is 3.40. The number of halogens is 1. The first-order chi connectivity index (χ1) is 15.6. The Hall–Kier alpha value is -2.44. The number of piperidine rings is 1. The molecular weight excluding hydrogens is 403 g/mol. The van der Waals surface area contributed by atoms with Gasteiger partial charge in [-0.3, -0.25) is 4.79 Å². The Bertz CT molecular complexity index is 872. The van der Waals surface area contributed by atoms with Crippen LogP contribution in [-0.4, -0.2) is 74.1 Å². The minimum Gasteiger partial charge on any atom is -0.371 e. The number of carbonyl (C=O) groups is 1. The van der Waals surface area contributed by atoms with Crippen LogP contribution in [0.2, 0.25) is 0 Å². The number of carbonyl (C=O) groups excluding carboxylic acids is 1. The lowest BCUT2D eigenvalue weighted by Crippen LogP contribution is -2.48. The van der Waals surface area contributed by atoms with Gasteiger partial charge in [-0.05, 0) is 74.3 Å². The Labute approximate surface area is 191 Å². The number of nitrogens with one attached hydrogen (secondary N) is 1. The molecule has 0 atom stereocenters. The van der Waals surface area contributed by atoms with E-state index in [4.69, 9.17) is 0 Å². The van der Waals surface area contributed by atoms with Crippen molar-refractivity contribution in [2.75, 3.05) is 57.3 Å². The zero-order valence-corrected chi connectivity index (χ0v) is 19.1. The van der Waals surface area contributed by atoms with E-state index in [0.717, 1.165) is 82.7 Å². The maximum Gasteiger partial charge on any atom is 0.253 e. The van der Waals surface area contributed by atoms with Crippen LogP contribution in [0.3, 0.4) is 0 Å². The van der Waals surface area contributed by atoms with Crippen LogP contribution >= 0.6 is 0 Å². The summed E-state index contributed by atoms with van der Waals surface area (Å²) in [6.45, 7) is 9.66. The third-order valence-electron chi connectivity index (χ3n) is 6.82. The summed E-state index contributed by atoms with van der Waals surface area (Å²) in [7, 11) is 0. The smallest absolute Gasteiger partial charge is 0.253 e. The van der Waals surface area contributed by atoms with Gasteiger partial charge in [-0.25, -0.2) is 4.39 Å². The van der Waals surface area contributed by atoms with Gasteiger partial charge < -0.3 is 20.0 Å². The summed E-state index contributed by atoms with van der Waals surface area (Å²) in [5.41, 5.74) is 3.01. The molecule has 1 N–H and O–H groups in total. The lowest BCUT2D eigenvalue weighted by Gasteiger charge is -2.35. The minimum atomic E-state index is -0.164. The highest BCUT2D eigenvalue weighted by atomic mass is 19.1. The van der Waals surface area contributed by atoms with E-state index in [1.165, 1.54) is 11.8 Å². The lowest BCUT2D eigenvalue weighted by atomic mass is 10.0. The van der Waals surface area contributed by atoms with E-state index in [9.17, 15) is 9.18 Å². The molecular formula is C26H35FN4O. The number of likely N-dealkylation sites (N-methyl/N-ethyl adjacent to an activating group) is 1. The summed E-state index contributed by atoms with van der Waals surface area (Å²) in [4.78, 5) is 19.6. The molecule has 0 aromatic heterocycles. The van der Waals surface area contributed by atoms with Gasteiger partial charge in [-0.1, -0.05) is 19.1 Å². The summed E-state index contributed by atoms with van der Waals surface area (Å²) in [6.07, 6.45) is 3.03. The zero-order chi connectivity index (χ0) is 22.3. The van der Waals surface area contributed by atoms with E-state index < -0.39 is 0 Å². The molecule has 2 saturated heterocycles. The highest BCUT2D eigenvalue weighted by molar-refractivity contribution is 5.94. The van der Waals surface area contributed by atoms with Gasteiger partial charge in [0.15, 0.2) is 0 Å². The summed E-state index contributed by atoms with van der Waals surface area (Å²) in [5.74, 6) is -0.0175. The van der Waals surface area contributed by atoms with Crippen LogP contribution < -0.4 is 10.2 Å². The lowest BCUT2D eigenvalue weighted by molar-refractivity contribution is 0.0643. The van der Waals surface area contributed by atoms with Crippen LogP contribution in [0.15, 0.2) is 48.5 Å². The first kappa shape index (κ1) is 22.7. The Morgan fingerprint density at radius 3 is 2.38 bits per heavy atom. The maximum atomic E-state index is 13.3. The molecule has 0 saturated carbocycles. The molecule has 0 radical (unpaired) electrons. The van der Waals surface area contributed by atoms with E-state index >= 15 is 0 Å². The average molecular weight is 439 g/mol. The quantitative estimate of drug-likeness (QED) is 0.719. The third-order valence-corrected chi connectivity index (χ3v) is 6.82. The number of hydrogen-bond donors (Lipinski definition) is 1. The van der Waals surface area contributed by atoms with Crippen molar-refractivity contribution >= 4 is 11.6 Å². The molecule has 6 heteroatoms. The van der Waals surface area contributed by atoms with Crippen LogP contribution in [-0.2, 0) is 6.42 Å². The van der Waals surface area contributed by atoms with E-state index in [1.54, 1.807) is 12.1 Å². The maximum absolute atomic E-state index is 13.3. The molecule has 2 aromatic carbocycles. The highest BCUT2D eigenvalue weighted by Gasteiger charge is 2.22. The fraction of sp³-hybridized carbons (Fsp3) is 0.500. The summed E-state index contributed by atoms with van der Waals surface area (Å²) < 4.78 is 13.3. The fourth-order valence-electron chi connectivity index (χ4n) is 4.72. The molecule has 4 rings (SSSR count). The normalized spacial score (nSPS) is 18.2. The van der Waals surface area contributed by atoms with Crippen molar-refractivity contribution in [2.24, 2.45) is 0 Å². The van der Waals surface area contributed by atoms with Crippen LogP contribution in [0.25, 0.3) is 0 Å². The topological polar surface area (TPSA) is 38.8 Å². The molecule has 2 fully saturated rings. The Balaban J connectivity index is 1.21. The molecule has 172 valence electrons. The molecule has 0 unspecified atom stereocenters. The second-order valence-electron chi connectivity index (χ2n) is 8.87. The van der Waals surface area contributed by atoms with Crippen molar-refractivity contribution in [1.29, 1.82) is 0 Å². The van der Waals surface area contributed by atoms with Crippen molar-refractivity contribution in [2.45, 2.75) is 32.2 Å². The van der Waals surface area contributed by atoms with E-state index in [2.05, 4.69) is 34.2 Å². The van der Waals surface area contributed by atoms with E-state index in [1.807, 2.05) is 23.1 Å². The Morgan fingerprint density at radius 2 is 1.72 bits per heavy atom. The number of nitrogens with zero attached hydrogens (tertiary/aromatic N) is 3. The molecule has 32 heavy (non-hydrogen) atoms. The summed E-state index contributed by atoms with van der Waals surface area (Å²) in [5, 5.41) is 3.63. The number of rotatable bonds is 7. The van der Waals surface area contributed by atoms with Gasteiger partial charge in [0.1, 0.15) is 5.82 Å². The van der Waals surface area contributed by atoms with Crippen LogP contribution in [0.4, 0.5) is 10.1 Å². The molecule has 1 amide bonds. The van der Waals surface area contributed by atoms with Gasteiger partial charge in [0, 0.05) is 56.6 Å². The Kier molecular flexibility index (Phi) is 7.76. The molecule has 0 bridgehead atoms. The standard InChI is InChI=1S/C26H35FN4O/c1-2-29-16-18-31(19-17-29)26(32)22-6-8-25(9-7-22)30-14-11-24(12-15-30)28-13-10-21-4-3-5-23(27)20-21/h3-9,20,24,28H,2,10-19H2,1H3. The second kappa shape index (κ2) is 10.9. The van der Waals surface area contributed by atoms with Gasteiger partial charge in [-0.15, -0.1) is 0 Å². The van der Waals surface area contributed by atoms with Crippen molar-refractivity contribution in [1.82, 2.24) is 15.1 Å². The van der Waals surface area contributed by atoms with Gasteiger partial charge in [0.05, 0.1) is 0 Å². The average Bonchev–Trinajstić information content (AvgIpc) is 2.84. The van der Waals surface area contributed by atoms with Gasteiger partial charge >= 0.3 is 0 Å². The molecule has 2 aromatic rings. The van der Waals surface area contributed by atoms with Crippen LogP contribution in [0, 0.1) is 5.82 Å². The summed E-state index contributed by atoms with van der Waals surface area (Å²) in [6, 6.07) is 15.5. The zero-order valence-electron chi connectivity index (χ0n) is 19.1. The molecule has 2 heterocycles. The SMILES string of the molecule is CCN1CCN(C(=O)c2ccc(N3CCC(NCCc4cccc(F)c4)CC3)cc2)CC1. The monoisotopic (exact) mass is 438 g/mol. The highest BCUT2D eigenvalue weighted by Crippen LogP contribution is 2.21. The number of hydrogen-bond acceptors (Lipinski definition) is 4. The first-order valence-electron chi connectivity index (χ1n) is 12.0. The van der Waals surface area contributed by atoms with Crippen molar-refractivity contribution in [3.63, 3.8) is 0 Å². The number of piperazine rings is 1. The largest absolute Gasteiger partial charge is 0.371 e. The van der Waals surface area contributed by atoms with Gasteiger partial charge in [0.25, 0.3) is 5.91 Å². The second-order valence-corrected chi connectivity index (χ2v) is 8.87. The van der Waals surface area contributed by atoms with Crippen LogP contribution in [0.1, 0.15) is 35.7 Å². The van der Waals surface area contributed by atoms with E-state index in [0.29, 0.717) is 6.04 Å². The van der Waals surface area contributed by atoms with Gasteiger partial charge in [-0.2, -0.15) is 0 Å². The van der Waals surface area contributed by atoms with Crippen molar-refractivity contribution in [3.05, 3.63) is 65.5 Å². The van der Waals surface area contributed by atoms with Crippen LogP contribution in [0.5, 0.6) is 0 Å². The first-order valence-corrected chi connectivity index (χ1v) is 12.0. The molecule has 2 aliphatic rings. The third kappa shape index (κ3) is 5.87. The number of anilines is 1. The molecule has 5 nitrogen and oxygen atoms in total. The number of benzene rings is 2. The molecule has 2 aliphatic heterocycles. The van der Waals surface area contributed by atoms with Crippen molar-refractivity contribution in [3.8, 4) is 0 Å². The summed E-state index contributed by atoms with van der Waals surface area (Å²) >= 11 is 0. The molecule has 0 spiro atoms. The number of amides is 1. The predicted molar refractivity (Wildman–Crippen MR) is 128 cm³/mol. The van der Waals surface area contributed by atoms with Crippen molar-refractivity contribution < 1.29 is 9.18 Å². The molecule has 0 aliphatic carbocycles. The van der Waals surface area contributed by atoms with Gasteiger partial charge in [0.2, 0.25) is 0 Å². The fourth-order valence-corrected chi connectivity index (χ4v) is 4.72. The Morgan fingerprint density at radius 1 is 1.00 bits per heavy atom. The minimum absolute atomic E-state index is 0.147. The van der Waals surface area contributed by atoms with E-state index in [-0.39, 0.29) is 11.7 Å².